The second-order valence-electron chi connectivity index (χ2n) is 3.91. The molecule has 86 valence electrons. The molecule has 5 nitrogen and oxygen atoms in total. The van der Waals surface area contributed by atoms with E-state index in [9.17, 15) is 4.79 Å². The Morgan fingerprint density at radius 3 is 3.19 bits per heavy atom. The number of hydrogen-bond acceptors (Lipinski definition) is 4. The van der Waals surface area contributed by atoms with Crippen molar-refractivity contribution in [3.05, 3.63) is 30.1 Å². The minimum absolute atomic E-state index is 0.0888. The maximum atomic E-state index is 11.6. The summed E-state index contributed by atoms with van der Waals surface area (Å²) in [5, 5.41) is 0. The maximum Gasteiger partial charge on any atom is 0.410 e. The Bertz CT molecular complexity index is 356. The minimum atomic E-state index is -0.295. The normalized spacial score (nSPS) is 19.8. The standard InChI is InChI=1S/C11H15N3O2/c12-10-3-5-14(7-10)11(15)16-8-9-2-1-4-13-6-9/h1-2,4,6,10H,3,5,7-8,12H2. The summed E-state index contributed by atoms with van der Waals surface area (Å²) in [4.78, 5) is 17.2. The third kappa shape index (κ3) is 2.70. The lowest BCUT2D eigenvalue weighted by molar-refractivity contribution is 0.104. The zero-order valence-corrected chi connectivity index (χ0v) is 9.00. The van der Waals surface area contributed by atoms with Crippen molar-refractivity contribution in [3.8, 4) is 0 Å². The van der Waals surface area contributed by atoms with Gasteiger partial charge < -0.3 is 15.4 Å². The molecule has 2 rings (SSSR count). The fourth-order valence-corrected chi connectivity index (χ4v) is 1.67. The zero-order chi connectivity index (χ0) is 11.4. The lowest BCUT2D eigenvalue weighted by atomic mass is 10.3. The van der Waals surface area contributed by atoms with Gasteiger partial charge in [-0.25, -0.2) is 4.79 Å². The van der Waals surface area contributed by atoms with Crippen LogP contribution in [-0.2, 0) is 11.3 Å². The summed E-state index contributed by atoms with van der Waals surface area (Å²) in [7, 11) is 0. The minimum Gasteiger partial charge on any atom is -0.444 e. The van der Waals surface area contributed by atoms with Gasteiger partial charge in [0.05, 0.1) is 0 Å². The summed E-state index contributed by atoms with van der Waals surface area (Å²) in [5.41, 5.74) is 6.60. The monoisotopic (exact) mass is 221 g/mol. The van der Waals surface area contributed by atoms with Crippen LogP contribution < -0.4 is 5.73 Å². The smallest absolute Gasteiger partial charge is 0.410 e. The summed E-state index contributed by atoms with van der Waals surface area (Å²) in [6.45, 7) is 1.54. The van der Waals surface area contributed by atoms with E-state index in [2.05, 4.69) is 4.98 Å². The first-order chi connectivity index (χ1) is 7.75. The van der Waals surface area contributed by atoms with Gasteiger partial charge in [-0.05, 0) is 12.5 Å². The highest BCUT2D eigenvalue weighted by molar-refractivity contribution is 5.68. The summed E-state index contributed by atoms with van der Waals surface area (Å²) in [5.74, 6) is 0. The molecule has 1 aromatic rings. The van der Waals surface area contributed by atoms with Gasteiger partial charge in [0.2, 0.25) is 0 Å². The van der Waals surface area contributed by atoms with Crippen LogP contribution in [-0.4, -0.2) is 35.1 Å². The van der Waals surface area contributed by atoms with Crippen molar-refractivity contribution in [1.82, 2.24) is 9.88 Å². The molecule has 1 aromatic heterocycles. The number of pyridine rings is 1. The molecule has 1 saturated heterocycles. The molecule has 0 bridgehead atoms. The highest BCUT2D eigenvalue weighted by Gasteiger charge is 2.24. The van der Waals surface area contributed by atoms with E-state index in [4.69, 9.17) is 10.5 Å². The van der Waals surface area contributed by atoms with Crippen molar-refractivity contribution in [2.45, 2.75) is 19.1 Å². The number of nitrogens with two attached hydrogens (primary N) is 1. The van der Waals surface area contributed by atoms with Crippen LogP contribution in [0.25, 0.3) is 0 Å². The number of aromatic nitrogens is 1. The molecule has 5 heteroatoms. The average Bonchev–Trinajstić information content (AvgIpc) is 2.74. The summed E-state index contributed by atoms with van der Waals surface area (Å²) in [6, 6.07) is 3.77. The summed E-state index contributed by atoms with van der Waals surface area (Å²) >= 11 is 0. The van der Waals surface area contributed by atoms with Crippen molar-refractivity contribution in [3.63, 3.8) is 0 Å². The molecule has 1 amide bonds. The first-order valence-electron chi connectivity index (χ1n) is 5.32. The van der Waals surface area contributed by atoms with Gasteiger partial charge >= 0.3 is 6.09 Å². The Labute approximate surface area is 94.2 Å². The molecule has 0 aliphatic carbocycles. The molecule has 16 heavy (non-hydrogen) atoms. The van der Waals surface area contributed by atoms with Crippen LogP contribution in [0.4, 0.5) is 4.79 Å². The van der Waals surface area contributed by atoms with Crippen molar-refractivity contribution in [2.75, 3.05) is 13.1 Å². The lowest BCUT2D eigenvalue weighted by Crippen LogP contribution is -2.32. The van der Waals surface area contributed by atoms with Gasteiger partial charge in [0.1, 0.15) is 6.61 Å². The predicted octanol–water partition coefficient (Wildman–Crippen LogP) is 0.751. The van der Waals surface area contributed by atoms with Crippen LogP contribution in [0, 0.1) is 0 Å². The van der Waals surface area contributed by atoms with E-state index >= 15 is 0 Å². The van der Waals surface area contributed by atoms with E-state index < -0.39 is 0 Å². The Kier molecular flexibility index (Phi) is 3.36. The molecule has 0 saturated carbocycles. The maximum absolute atomic E-state index is 11.6. The number of carbonyl (C=O) groups excluding carboxylic acids is 1. The molecule has 0 radical (unpaired) electrons. The average molecular weight is 221 g/mol. The van der Waals surface area contributed by atoms with Gasteiger partial charge in [0, 0.05) is 37.1 Å². The molecule has 1 unspecified atom stereocenters. The van der Waals surface area contributed by atoms with Crippen molar-refractivity contribution >= 4 is 6.09 Å². The van der Waals surface area contributed by atoms with Crippen LogP contribution in [0.5, 0.6) is 0 Å². The lowest BCUT2D eigenvalue weighted by Gasteiger charge is -2.15. The number of likely N-dealkylation sites (tertiary alicyclic amines) is 1. The SMILES string of the molecule is NC1CCN(C(=O)OCc2cccnc2)C1. The Hall–Kier alpha value is -1.62. The van der Waals surface area contributed by atoms with Crippen molar-refractivity contribution in [2.24, 2.45) is 5.73 Å². The number of hydrogen-bond donors (Lipinski definition) is 1. The highest BCUT2D eigenvalue weighted by atomic mass is 16.6. The molecule has 2 heterocycles. The van der Waals surface area contributed by atoms with Crippen LogP contribution in [0.3, 0.4) is 0 Å². The molecular weight excluding hydrogens is 206 g/mol. The summed E-state index contributed by atoms with van der Waals surface area (Å²) in [6.07, 6.45) is 3.92. The highest BCUT2D eigenvalue weighted by Crippen LogP contribution is 2.09. The van der Waals surface area contributed by atoms with Gasteiger partial charge in [-0.3, -0.25) is 4.98 Å². The molecular formula is C11H15N3O2. The second-order valence-corrected chi connectivity index (χ2v) is 3.91. The number of nitrogens with zero attached hydrogens (tertiary/aromatic N) is 2. The molecule has 2 N–H and O–H groups in total. The summed E-state index contributed by atoms with van der Waals surface area (Å²) < 4.78 is 5.15. The fourth-order valence-electron chi connectivity index (χ4n) is 1.67. The number of carbonyl (C=O) groups is 1. The van der Waals surface area contributed by atoms with Crippen LogP contribution in [0.1, 0.15) is 12.0 Å². The van der Waals surface area contributed by atoms with Gasteiger partial charge in [-0.15, -0.1) is 0 Å². The Morgan fingerprint density at radius 2 is 2.56 bits per heavy atom. The van der Waals surface area contributed by atoms with Crippen molar-refractivity contribution < 1.29 is 9.53 Å². The van der Waals surface area contributed by atoms with E-state index in [0.29, 0.717) is 13.1 Å². The number of rotatable bonds is 2. The molecule has 0 spiro atoms. The van der Waals surface area contributed by atoms with Gasteiger partial charge in [-0.1, -0.05) is 6.07 Å². The molecule has 1 atom stereocenters. The van der Waals surface area contributed by atoms with Gasteiger partial charge in [-0.2, -0.15) is 0 Å². The number of ether oxygens (including phenoxy) is 1. The predicted molar refractivity (Wildman–Crippen MR) is 58.6 cm³/mol. The van der Waals surface area contributed by atoms with Gasteiger partial charge in [0.15, 0.2) is 0 Å². The third-order valence-corrected chi connectivity index (χ3v) is 2.57. The first-order valence-corrected chi connectivity index (χ1v) is 5.32. The Balaban J connectivity index is 1.80. The van der Waals surface area contributed by atoms with Crippen LogP contribution in [0.15, 0.2) is 24.5 Å². The van der Waals surface area contributed by atoms with Crippen LogP contribution in [0.2, 0.25) is 0 Å². The van der Waals surface area contributed by atoms with Crippen LogP contribution >= 0.6 is 0 Å². The van der Waals surface area contributed by atoms with E-state index in [1.54, 1.807) is 17.3 Å². The second kappa shape index (κ2) is 4.94. The topological polar surface area (TPSA) is 68.5 Å². The molecule has 1 aliphatic heterocycles. The van der Waals surface area contributed by atoms with E-state index in [-0.39, 0.29) is 18.7 Å². The third-order valence-electron chi connectivity index (χ3n) is 2.57. The molecule has 0 aromatic carbocycles. The Morgan fingerprint density at radius 1 is 1.69 bits per heavy atom. The number of amides is 1. The van der Waals surface area contributed by atoms with Crippen molar-refractivity contribution in [1.29, 1.82) is 0 Å². The van der Waals surface area contributed by atoms with E-state index in [0.717, 1.165) is 12.0 Å². The van der Waals surface area contributed by atoms with E-state index in [1.807, 2.05) is 12.1 Å². The fraction of sp³-hybridized carbons (Fsp3) is 0.455. The molecule has 1 aliphatic rings. The molecule has 1 fully saturated rings. The first kappa shape index (κ1) is 10.9. The van der Waals surface area contributed by atoms with Gasteiger partial charge in [0.25, 0.3) is 0 Å². The van der Waals surface area contributed by atoms with E-state index in [1.165, 1.54) is 0 Å². The quantitative estimate of drug-likeness (QED) is 0.800. The zero-order valence-electron chi connectivity index (χ0n) is 9.00. The largest absolute Gasteiger partial charge is 0.444 e.